The van der Waals surface area contributed by atoms with Crippen LogP contribution >= 0.6 is 0 Å². The first-order chi connectivity index (χ1) is 17.0. The second-order valence-corrected chi connectivity index (χ2v) is 9.03. The molecular formula is C26H32N4O6. The molecule has 0 bridgehead atoms. The SMILES string of the molecule is COc1cc2c(=O)n(Cc3ccc(C(=O)NC(C)C)cc3)c(=O)n(CC(=O)NC(C)C)c2cc1OC. The third-order valence-corrected chi connectivity index (χ3v) is 5.46. The number of hydrogen-bond donors (Lipinski definition) is 2. The zero-order chi connectivity index (χ0) is 26.6. The molecule has 10 nitrogen and oxygen atoms in total. The van der Waals surface area contributed by atoms with Gasteiger partial charge in [0.15, 0.2) is 11.5 Å². The lowest BCUT2D eigenvalue weighted by atomic mass is 10.1. The van der Waals surface area contributed by atoms with Crippen LogP contribution in [0.1, 0.15) is 43.6 Å². The first-order valence-corrected chi connectivity index (χ1v) is 11.6. The van der Waals surface area contributed by atoms with E-state index < -0.39 is 11.2 Å². The minimum Gasteiger partial charge on any atom is -0.493 e. The molecule has 10 heteroatoms. The molecule has 0 radical (unpaired) electrons. The van der Waals surface area contributed by atoms with Gasteiger partial charge in [-0.2, -0.15) is 0 Å². The van der Waals surface area contributed by atoms with Crippen molar-refractivity contribution in [2.45, 2.75) is 52.9 Å². The summed E-state index contributed by atoms with van der Waals surface area (Å²) in [6.07, 6.45) is 0. The summed E-state index contributed by atoms with van der Waals surface area (Å²) in [7, 11) is 2.90. The van der Waals surface area contributed by atoms with Gasteiger partial charge < -0.3 is 20.1 Å². The third kappa shape index (κ3) is 5.76. The van der Waals surface area contributed by atoms with Crippen LogP contribution in [-0.2, 0) is 17.9 Å². The van der Waals surface area contributed by atoms with Gasteiger partial charge >= 0.3 is 5.69 Å². The Hall–Kier alpha value is -4.08. The van der Waals surface area contributed by atoms with Gasteiger partial charge in [-0.05, 0) is 51.5 Å². The largest absolute Gasteiger partial charge is 0.493 e. The normalized spacial score (nSPS) is 11.1. The predicted octanol–water partition coefficient (Wildman–Crippen LogP) is 1.89. The zero-order valence-electron chi connectivity index (χ0n) is 21.4. The molecule has 3 rings (SSSR count). The van der Waals surface area contributed by atoms with Gasteiger partial charge in [0.25, 0.3) is 11.5 Å². The molecule has 1 aromatic heterocycles. The van der Waals surface area contributed by atoms with Crippen LogP contribution in [0.4, 0.5) is 0 Å². The molecule has 192 valence electrons. The average Bonchev–Trinajstić information content (AvgIpc) is 2.83. The van der Waals surface area contributed by atoms with Crippen LogP contribution in [0, 0.1) is 0 Å². The fraction of sp³-hybridized carbons (Fsp3) is 0.385. The molecule has 0 atom stereocenters. The summed E-state index contributed by atoms with van der Waals surface area (Å²) in [6.45, 7) is 7.06. The number of methoxy groups -OCH3 is 2. The lowest BCUT2D eigenvalue weighted by molar-refractivity contribution is -0.122. The molecule has 3 aromatic rings. The van der Waals surface area contributed by atoms with Gasteiger partial charge in [0.2, 0.25) is 5.91 Å². The molecule has 2 N–H and O–H groups in total. The smallest absolute Gasteiger partial charge is 0.332 e. The number of carbonyl (C=O) groups excluding carboxylic acids is 2. The first kappa shape index (κ1) is 26.5. The van der Waals surface area contributed by atoms with E-state index in [1.807, 2.05) is 27.7 Å². The number of hydrogen-bond acceptors (Lipinski definition) is 6. The summed E-state index contributed by atoms with van der Waals surface area (Å²) in [4.78, 5) is 51.7. The highest BCUT2D eigenvalue weighted by atomic mass is 16.5. The first-order valence-electron chi connectivity index (χ1n) is 11.6. The van der Waals surface area contributed by atoms with Crippen molar-refractivity contribution in [1.82, 2.24) is 19.8 Å². The maximum Gasteiger partial charge on any atom is 0.332 e. The molecule has 1 heterocycles. The van der Waals surface area contributed by atoms with Gasteiger partial charge in [-0.25, -0.2) is 4.79 Å². The van der Waals surface area contributed by atoms with Crippen molar-refractivity contribution in [1.29, 1.82) is 0 Å². The Balaban J connectivity index is 2.13. The van der Waals surface area contributed by atoms with Crippen LogP contribution in [0.25, 0.3) is 10.9 Å². The Kier molecular flexibility index (Phi) is 8.18. The van der Waals surface area contributed by atoms with E-state index in [9.17, 15) is 19.2 Å². The predicted molar refractivity (Wildman–Crippen MR) is 137 cm³/mol. The minimum atomic E-state index is -0.639. The molecule has 0 aliphatic rings. The van der Waals surface area contributed by atoms with E-state index in [1.54, 1.807) is 24.3 Å². The van der Waals surface area contributed by atoms with E-state index in [0.717, 1.165) is 4.57 Å². The minimum absolute atomic E-state index is 0.00432. The Morgan fingerprint density at radius 2 is 1.44 bits per heavy atom. The number of aromatic nitrogens is 2. The fourth-order valence-corrected chi connectivity index (χ4v) is 3.84. The quantitative estimate of drug-likeness (QED) is 0.467. The number of fused-ring (bicyclic) bond motifs is 1. The molecule has 36 heavy (non-hydrogen) atoms. The highest BCUT2D eigenvalue weighted by molar-refractivity contribution is 5.94. The molecule has 0 saturated carbocycles. The second kappa shape index (κ2) is 11.1. The van der Waals surface area contributed by atoms with Crippen molar-refractivity contribution >= 4 is 22.7 Å². The van der Waals surface area contributed by atoms with Gasteiger partial charge in [-0.1, -0.05) is 12.1 Å². The number of benzene rings is 2. The maximum absolute atomic E-state index is 13.5. The molecule has 0 saturated heterocycles. The van der Waals surface area contributed by atoms with Crippen molar-refractivity contribution in [2.75, 3.05) is 14.2 Å². The highest BCUT2D eigenvalue weighted by Crippen LogP contribution is 2.30. The Morgan fingerprint density at radius 3 is 2.00 bits per heavy atom. The average molecular weight is 497 g/mol. The lowest BCUT2D eigenvalue weighted by Crippen LogP contribution is -2.43. The van der Waals surface area contributed by atoms with Crippen molar-refractivity contribution in [3.05, 3.63) is 68.4 Å². The monoisotopic (exact) mass is 496 g/mol. The van der Waals surface area contributed by atoms with Gasteiger partial charge in [0.1, 0.15) is 6.54 Å². The van der Waals surface area contributed by atoms with Crippen molar-refractivity contribution < 1.29 is 19.1 Å². The van der Waals surface area contributed by atoms with Crippen LogP contribution < -0.4 is 31.4 Å². The van der Waals surface area contributed by atoms with Crippen LogP contribution in [0.3, 0.4) is 0 Å². The van der Waals surface area contributed by atoms with Crippen LogP contribution in [-0.4, -0.2) is 47.3 Å². The maximum atomic E-state index is 13.5. The number of rotatable bonds is 9. The fourth-order valence-electron chi connectivity index (χ4n) is 3.84. The molecule has 0 aliphatic heterocycles. The Labute approximate surface area is 208 Å². The number of carbonyl (C=O) groups is 2. The van der Waals surface area contributed by atoms with E-state index in [-0.39, 0.29) is 47.9 Å². The van der Waals surface area contributed by atoms with Gasteiger partial charge in [0.05, 0.1) is 31.7 Å². The number of nitrogens with zero attached hydrogens (tertiary/aromatic N) is 2. The molecule has 0 aliphatic carbocycles. The van der Waals surface area contributed by atoms with Crippen LogP contribution in [0.5, 0.6) is 11.5 Å². The summed E-state index contributed by atoms with van der Waals surface area (Å²) >= 11 is 0. The van der Waals surface area contributed by atoms with Gasteiger partial charge in [0, 0.05) is 23.7 Å². The van der Waals surface area contributed by atoms with Gasteiger partial charge in [-0.15, -0.1) is 0 Å². The van der Waals surface area contributed by atoms with Gasteiger partial charge in [-0.3, -0.25) is 23.5 Å². The highest BCUT2D eigenvalue weighted by Gasteiger charge is 2.19. The molecular weight excluding hydrogens is 464 g/mol. The van der Waals surface area contributed by atoms with Crippen molar-refractivity contribution in [2.24, 2.45) is 0 Å². The van der Waals surface area contributed by atoms with Crippen LogP contribution in [0.15, 0.2) is 46.0 Å². The van der Waals surface area contributed by atoms with Crippen LogP contribution in [0.2, 0.25) is 0 Å². The lowest BCUT2D eigenvalue weighted by Gasteiger charge is -2.17. The van der Waals surface area contributed by atoms with E-state index in [0.29, 0.717) is 22.6 Å². The van der Waals surface area contributed by atoms with Crippen molar-refractivity contribution in [3.63, 3.8) is 0 Å². The topological polar surface area (TPSA) is 121 Å². The van der Waals surface area contributed by atoms with Crippen molar-refractivity contribution in [3.8, 4) is 11.5 Å². The summed E-state index contributed by atoms with van der Waals surface area (Å²) in [5.41, 5.74) is 0.211. The van der Waals surface area contributed by atoms with E-state index >= 15 is 0 Å². The zero-order valence-corrected chi connectivity index (χ0v) is 21.4. The molecule has 0 unspecified atom stereocenters. The number of nitrogens with one attached hydrogen (secondary N) is 2. The number of ether oxygens (including phenoxy) is 2. The standard InChI is InChI=1S/C26H32N4O6/c1-15(2)27-23(31)14-29-20-12-22(36-6)21(35-5)11-19(20)25(33)30(26(29)34)13-17-7-9-18(10-8-17)24(32)28-16(3)4/h7-12,15-16H,13-14H2,1-6H3,(H,27,31)(H,28,32). The van der Waals surface area contributed by atoms with E-state index in [2.05, 4.69) is 10.6 Å². The summed E-state index contributed by atoms with van der Waals surface area (Å²) in [5, 5.41) is 5.79. The summed E-state index contributed by atoms with van der Waals surface area (Å²) in [6, 6.07) is 9.56. The second-order valence-electron chi connectivity index (χ2n) is 9.03. The molecule has 2 aromatic carbocycles. The van der Waals surface area contributed by atoms with E-state index in [4.69, 9.17) is 9.47 Å². The summed E-state index contributed by atoms with van der Waals surface area (Å²) in [5.74, 6) is 0.0775. The molecule has 2 amide bonds. The number of amides is 2. The third-order valence-electron chi connectivity index (χ3n) is 5.46. The van der Waals surface area contributed by atoms with E-state index in [1.165, 1.54) is 30.9 Å². The summed E-state index contributed by atoms with van der Waals surface area (Å²) < 4.78 is 13.0. The molecule has 0 fully saturated rings. The molecule has 0 spiro atoms. The Morgan fingerprint density at radius 1 is 0.861 bits per heavy atom. The Bertz CT molecular complexity index is 1390.